The highest BCUT2D eigenvalue weighted by molar-refractivity contribution is 4.90. The zero-order valence-electron chi connectivity index (χ0n) is 10.2. The number of rotatable bonds is 3. The molecule has 1 aliphatic rings. The van der Waals surface area contributed by atoms with E-state index in [1.54, 1.807) is 0 Å². The van der Waals surface area contributed by atoms with Crippen LogP contribution in [0.2, 0.25) is 0 Å². The van der Waals surface area contributed by atoms with Crippen LogP contribution >= 0.6 is 0 Å². The Hall–Kier alpha value is -0.0800. The summed E-state index contributed by atoms with van der Waals surface area (Å²) in [6.45, 7) is 12.5. The zero-order valence-corrected chi connectivity index (χ0v) is 10.2. The fourth-order valence-corrected chi connectivity index (χ4v) is 2.60. The second-order valence-electron chi connectivity index (χ2n) is 5.41. The summed E-state index contributed by atoms with van der Waals surface area (Å²) in [5.74, 6) is 1.66. The van der Waals surface area contributed by atoms with E-state index >= 15 is 0 Å². The molecule has 3 atom stereocenters. The lowest BCUT2D eigenvalue weighted by molar-refractivity contribution is 0.0374. The number of hydrogen-bond acceptors (Lipinski definition) is 2. The van der Waals surface area contributed by atoms with Crippen LogP contribution < -0.4 is 5.73 Å². The highest BCUT2D eigenvalue weighted by Crippen LogP contribution is 2.28. The standard InChI is InChI=1S/C12H26N2/c1-5-12(4,9-13)14-7-10(2)6-11(3)8-14/h10-11H,5-9,13H2,1-4H3. The molecule has 1 saturated heterocycles. The van der Waals surface area contributed by atoms with E-state index in [0.717, 1.165) is 24.8 Å². The van der Waals surface area contributed by atoms with Crippen molar-refractivity contribution in [1.82, 2.24) is 4.90 Å². The number of hydrogen-bond donors (Lipinski definition) is 1. The molecular weight excluding hydrogens is 172 g/mol. The van der Waals surface area contributed by atoms with Crippen LogP contribution in [0.1, 0.15) is 40.5 Å². The van der Waals surface area contributed by atoms with Crippen molar-refractivity contribution in [3.05, 3.63) is 0 Å². The molecule has 0 aliphatic carbocycles. The maximum Gasteiger partial charge on any atom is 0.0301 e. The molecule has 1 aliphatic heterocycles. The minimum Gasteiger partial charge on any atom is -0.329 e. The van der Waals surface area contributed by atoms with Crippen LogP contribution in [0.5, 0.6) is 0 Å². The third kappa shape index (κ3) is 2.48. The van der Waals surface area contributed by atoms with Crippen molar-refractivity contribution in [1.29, 1.82) is 0 Å². The molecule has 0 spiro atoms. The quantitative estimate of drug-likeness (QED) is 0.752. The molecule has 0 aromatic heterocycles. The lowest BCUT2D eigenvalue weighted by Crippen LogP contribution is -2.56. The average molecular weight is 198 g/mol. The Labute approximate surface area is 88.8 Å². The fourth-order valence-electron chi connectivity index (χ4n) is 2.60. The van der Waals surface area contributed by atoms with Crippen LogP contribution in [0, 0.1) is 11.8 Å². The summed E-state index contributed by atoms with van der Waals surface area (Å²) < 4.78 is 0. The molecule has 1 heterocycles. The predicted molar refractivity (Wildman–Crippen MR) is 62.3 cm³/mol. The molecule has 0 aromatic carbocycles. The van der Waals surface area contributed by atoms with Crippen molar-refractivity contribution in [3.8, 4) is 0 Å². The average Bonchev–Trinajstić information content (AvgIpc) is 2.15. The SMILES string of the molecule is CCC(C)(CN)N1CC(C)CC(C)C1. The maximum atomic E-state index is 5.90. The first-order valence-electron chi connectivity index (χ1n) is 5.97. The minimum absolute atomic E-state index is 0.225. The van der Waals surface area contributed by atoms with Crippen molar-refractivity contribution in [2.24, 2.45) is 17.6 Å². The summed E-state index contributed by atoms with van der Waals surface area (Å²) in [4.78, 5) is 2.60. The lowest BCUT2D eigenvalue weighted by atomic mass is 9.86. The van der Waals surface area contributed by atoms with Crippen LogP contribution in [0.4, 0.5) is 0 Å². The third-order valence-corrected chi connectivity index (χ3v) is 3.83. The van der Waals surface area contributed by atoms with Gasteiger partial charge in [-0.3, -0.25) is 4.90 Å². The first kappa shape index (κ1) is 12.0. The van der Waals surface area contributed by atoms with Crippen molar-refractivity contribution in [2.45, 2.75) is 46.1 Å². The van der Waals surface area contributed by atoms with Crippen molar-refractivity contribution >= 4 is 0 Å². The first-order valence-corrected chi connectivity index (χ1v) is 5.97. The monoisotopic (exact) mass is 198 g/mol. The third-order valence-electron chi connectivity index (χ3n) is 3.83. The Morgan fingerprint density at radius 2 is 1.79 bits per heavy atom. The van der Waals surface area contributed by atoms with E-state index in [4.69, 9.17) is 5.73 Å². The molecule has 0 saturated carbocycles. The molecule has 0 aromatic rings. The summed E-state index contributed by atoms with van der Waals surface area (Å²) in [6, 6.07) is 0. The summed E-state index contributed by atoms with van der Waals surface area (Å²) in [5, 5.41) is 0. The Morgan fingerprint density at radius 1 is 1.29 bits per heavy atom. The molecule has 1 rings (SSSR count). The van der Waals surface area contributed by atoms with Gasteiger partial charge in [0.15, 0.2) is 0 Å². The van der Waals surface area contributed by atoms with Gasteiger partial charge in [0, 0.05) is 25.2 Å². The molecule has 2 nitrogen and oxygen atoms in total. The van der Waals surface area contributed by atoms with Gasteiger partial charge in [0.25, 0.3) is 0 Å². The van der Waals surface area contributed by atoms with Gasteiger partial charge in [0.1, 0.15) is 0 Å². The Bertz CT molecular complexity index is 165. The minimum atomic E-state index is 0.225. The summed E-state index contributed by atoms with van der Waals surface area (Å²) in [7, 11) is 0. The Morgan fingerprint density at radius 3 is 2.14 bits per heavy atom. The number of nitrogens with two attached hydrogens (primary N) is 1. The first-order chi connectivity index (χ1) is 6.51. The smallest absolute Gasteiger partial charge is 0.0301 e. The molecule has 1 fully saturated rings. The molecule has 2 heteroatoms. The molecule has 0 bridgehead atoms. The van der Waals surface area contributed by atoms with E-state index in [9.17, 15) is 0 Å². The summed E-state index contributed by atoms with van der Waals surface area (Å²) in [5.41, 5.74) is 6.12. The Kier molecular flexibility index (Phi) is 3.96. The molecule has 0 radical (unpaired) electrons. The molecule has 84 valence electrons. The molecule has 2 N–H and O–H groups in total. The van der Waals surface area contributed by atoms with Crippen LogP contribution in [-0.4, -0.2) is 30.1 Å². The second kappa shape index (κ2) is 4.63. The number of piperidine rings is 1. The van der Waals surface area contributed by atoms with Crippen LogP contribution in [-0.2, 0) is 0 Å². The normalized spacial score (nSPS) is 34.1. The molecular formula is C12H26N2. The van der Waals surface area contributed by atoms with Gasteiger partial charge in [-0.05, 0) is 31.6 Å². The number of nitrogens with zero attached hydrogens (tertiary/aromatic N) is 1. The van der Waals surface area contributed by atoms with Gasteiger partial charge in [-0.2, -0.15) is 0 Å². The van der Waals surface area contributed by atoms with Crippen LogP contribution in [0.25, 0.3) is 0 Å². The fraction of sp³-hybridized carbons (Fsp3) is 1.00. The molecule has 0 amide bonds. The summed E-state index contributed by atoms with van der Waals surface area (Å²) in [6.07, 6.45) is 2.53. The number of likely N-dealkylation sites (tertiary alicyclic amines) is 1. The summed E-state index contributed by atoms with van der Waals surface area (Å²) >= 11 is 0. The van der Waals surface area contributed by atoms with E-state index in [2.05, 4.69) is 32.6 Å². The van der Waals surface area contributed by atoms with Gasteiger partial charge in [-0.1, -0.05) is 20.8 Å². The van der Waals surface area contributed by atoms with Gasteiger partial charge < -0.3 is 5.73 Å². The second-order valence-corrected chi connectivity index (χ2v) is 5.41. The van der Waals surface area contributed by atoms with E-state index in [1.807, 2.05) is 0 Å². The Balaban J connectivity index is 2.66. The van der Waals surface area contributed by atoms with Gasteiger partial charge in [-0.25, -0.2) is 0 Å². The van der Waals surface area contributed by atoms with Gasteiger partial charge >= 0.3 is 0 Å². The van der Waals surface area contributed by atoms with E-state index < -0.39 is 0 Å². The van der Waals surface area contributed by atoms with Crippen molar-refractivity contribution in [2.75, 3.05) is 19.6 Å². The van der Waals surface area contributed by atoms with Gasteiger partial charge in [0.05, 0.1) is 0 Å². The van der Waals surface area contributed by atoms with E-state index in [0.29, 0.717) is 0 Å². The van der Waals surface area contributed by atoms with E-state index in [1.165, 1.54) is 19.5 Å². The molecule has 3 unspecified atom stereocenters. The van der Waals surface area contributed by atoms with Gasteiger partial charge in [0.2, 0.25) is 0 Å². The largest absolute Gasteiger partial charge is 0.329 e. The molecule has 14 heavy (non-hydrogen) atoms. The van der Waals surface area contributed by atoms with Crippen LogP contribution in [0.15, 0.2) is 0 Å². The van der Waals surface area contributed by atoms with Crippen molar-refractivity contribution < 1.29 is 0 Å². The lowest BCUT2D eigenvalue weighted by Gasteiger charge is -2.46. The highest BCUT2D eigenvalue weighted by Gasteiger charge is 2.33. The highest BCUT2D eigenvalue weighted by atomic mass is 15.2. The maximum absolute atomic E-state index is 5.90. The van der Waals surface area contributed by atoms with Gasteiger partial charge in [-0.15, -0.1) is 0 Å². The predicted octanol–water partition coefficient (Wildman–Crippen LogP) is 2.09. The van der Waals surface area contributed by atoms with E-state index in [-0.39, 0.29) is 5.54 Å². The van der Waals surface area contributed by atoms with Crippen molar-refractivity contribution in [3.63, 3.8) is 0 Å². The zero-order chi connectivity index (χ0) is 10.8. The topological polar surface area (TPSA) is 29.3 Å². The van der Waals surface area contributed by atoms with Crippen LogP contribution in [0.3, 0.4) is 0 Å².